The highest BCUT2D eigenvalue weighted by molar-refractivity contribution is 5.77. The minimum absolute atomic E-state index is 0.130. The van der Waals surface area contributed by atoms with Gasteiger partial charge in [0.05, 0.1) is 13.2 Å². The van der Waals surface area contributed by atoms with Crippen molar-refractivity contribution < 1.29 is 19.4 Å². The van der Waals surface area contributed by atoms with Crippen molar-refractivity contribution >= 4 is 12.0 Å². The molecule has 3 aliphatic rings. The lowest BCUT2D eigenvalue weighted by molar-refractivity contribution is -0.154. The number of rotatable bonds is 3. The van der Waals surface area contributed by atoms with Gasteiger partial charge in [0.25, 0.3) is 0 Å². The summed E-state index contributed by atoms with van der Waals surface area (Å²) < 4.78 is 5.14. The SMILES string of the molecule is CC(NC(=O)N1CCOC(C(=O)O)C1)C1CC2CCC1C2. The van der Waals surface area contributed by atoms with Gasteiger partial charge < -0.3 is 20.1 Å². The van der Waals surface area contributed by atoms with Crippen LogP contribution in [-0.2, 0) is 9.53 Å². The Kier molecular flexibility index (Phi) is 4.06. The van der Waals surface area contributed by atoms with Crippen LogP contribution in [0.25, 0.3) is 0 Å². The maximum absolute atomic E-state index is 12.3. The van der Waals surface area contributed by atoms with Crippen molar-refractivity contribution in [3.63, 3.8) is 0 Å². The van der Waals surface area contributed by atoms with Crippen molar-refractivity contribution in [2.75, 3.05) is 19.7 Å². The van der Waals surface area contributed by atoms with Crippen molar-refractivity contribution in [1.82, 2.24) is 10.2 Å². The van der Waals surface area contributed by atoms with Crippen molar-refractivity contribution in [2.45, 2.75) is 44.8 Å². The van der Waals surface area contributed by atoms with Crippen molar-refractivity contribution in [2.24, 2.45) is 17.8 Å². The molecule has 2 amide bonds. The number of hydrogen-bond donors (Lipinski definition) is 2. The van der Waals surface area contributed by atoms with Crippen LogP contribution in [0, 0.1) is 17.8 Å². The Labute approximate surface area is 124 Å². The summed E-state index contributed by atoms with van der Waals surface area (Å²) in [7, 11) is 0. The van der Waals surface area contributed by atoms with Gasteiger partial charge in [-0.3, -0.25) is 0 Å². The Morgan fingerprint density at radius 3 is 2.76 bits per heavy atom. The summed E-state index contributed by atoms with van der Waals surface area (Å²) in [5, 5.41) is 12.1. The maximum Gasteiger partial charge on any atom is 0.334 e. The highest BCUT2D eigenvalue weighted by Crippen LogP contribution is 2.49. The second kappa shape index (κ2) is 5.83. The summed E-state index contributed by atoms with van der Waals surface area (Å²) in [5.41, 5.74) is 0. The van der Waals surface area contributed by atoms with Gasteiger partial charge in [0.15, 0.2) is 6.10 Å². The summed E-state index contributed by atoms with van der Waals surface area (Å²) in [6.45, 7) is 2.95. The van der Waals surface area contributed by atoms with E-state index in [0.29, 0.717) is 12.5 Å². The van der Waals surface area contributed by atoms with Crippen LogP contribution in [-0.4, -0.2) is 53.8 Å². The molecule has 5 unspecified atom stereocenters. The molecule has 3 fully saturated rings. The zero-order valence-electron chi connectivity index (χ0n) is 12.5. The Morgan fingerprint density at radius 1 is 1.33 bits per heavy atom. The van der Waals surface area contributed by atoms with Gasteiger partial charge in [-0.15, -0.1) is 0 Å². The molecule has 0 aromatic heterocycles. The van der Waals surface area contributed by atoms with Crippen LogP contribution in [0.3, 0.4) is 0 Å². The summed E-state index contributed by atoms with van der Waals surface area (Å²) in [6, 6.07) is 0.0127. The fourth-order valence-electron chi connectivity index (χ4n) is 4.28. The molecule has 118 valence electrons. The predicted molar refractivity (Wildman–Crippen MR) is 75.9 cm³/mol. The molecule has 5 atom stereocenters. The van der Waals surface area contributed by atoms with Crippen LogP contribution in [0.4, 0.5) is 4.79 Å². The molecular weight excluding hydrogens is 272 g/mol. The Hall–Kier alpha value is -1.30. The Bertz CT molecular complexity index is 428. The van der Waals surface area contributed by atoms with Crippen LogP contribution in [0.5, 0.6) is 0 Å². The van der Waals surface area contributed by atoms with Gasteiger partial charge in [0, 0.05) is 12.6 Å². The Balaban J connectivity index is 1.52. The third-order valence-corrected chi connectivity index (χ3v) is 5.42. The number of carbonyl (C=O) groups is 2. The van der Waals surface area contributed by atoms with Gasteiger partial charge in [0.1, 0.15) is 0 Å². The monoisotopic (exact) mass is 296 g/mol. The number of amides is 2. The third-order valence-electron chi connectivity index (χ3n) is 5.42. The molecule has 2 aliphatic carbocycles. The number of morpholine rings is 1. The van der Waals surface area contributed by atoms with E-state index < -0.39 is 12.1 Å². The molecule has 2 bridgehead atoms. The zero-order chi connectivity index (χ0) is 15.0. The lowest BCUT2D eigenvalue weighted by atomic mass is 9.84. The Morgan fingerprint density at radius 2 is 2.14 bits per heavy atom. The van der Waals surface area contributed by atoms with Crippen LogP contribution in [0.15, 0.2) is 0 Å². The van der Waals surface area contributed by atoms with Crippen molar-refractivity contribution in [3.05, 3.63) is 0 Å². The van der Waals surface area contributed by atoms with Crippen LogP contribution in [0.2, 0.25) is 0 Å². The summed E-state index contributed by atoms with van der Waals surface area (Å²) in [5.74, 6) is 1.21. The van der Waals surface area contributed by atoms with Crippen molar-refractivity contribution in [3.8, 4) is 0 Å². The summed E-state index contributed by atoms with van der Waals surface area (Å²) >= 11 is 0. The first-order valence-corrected chi connectivity index (χ1v) is 7.94. The van der Waals surface area contributed by atoms with Crippen LogP contribution in [0.1, 0.15) is 32.6 Å². The number of carboxylic acid groups (broad SMARTS) is 1. The zero-order valence-corrected chi connectivity index (χ0v) is 12.5. The topological polar surface area (TPSA) is 78.9 Å². The minimum Gasteiger partial charge on any atom is -0.479 e. The first kappa shape index (κ1) is 14.6. The average Bonchev–Trinajstić information content (AvgIpc) is 3.10. The molecule has 0 aromatic carbocycles. The number of nitrogens with one attached hydrogen (secondary N) is 1. The van der Waals surface area contributed by atoms with Gasteiger partial charge in [-0.1, -0.05) is 6.42 Å². The normalized spacial score (nSPS) is 36.5. The number of aliphatic carboxylic acids is 1. The van der Waals surface area contributed by atoms with E-state index in [-0.39, 0.29) is 25.2 Å². The molecule has 0 aromatic rings. The van der Waals surface area contributed by atoms with Gasteiger partial charge in [-0.25, -0.2) is 9.59 Å². The largest absolute Gasteiger partial charge is 0.479 e. The lowest BCUT2D eigenvalue weighted by Gasteiger charge is -2.34. The molecule has 2 N–H and O–H groups in total. The van der Waals surface area contributed by atoms with E-state index >= 15 is 0 Å². The van der Waals surface area contributed by atoms with E-state index in [4.69, 9.17) is 9.84 Å². The molecule has 0 radical (unpaired) electrons. The summed E-state index contributed by atoms with van der Waals surface area (Å²) in [6.07, 6.45) is 4.30. The van der Waals surface area contributed by atoms with E-state index in [1.807, 2.05) is 0 Å². The molecule has 21 heavy (non-hydrogen) atoms. The first-order chi connectivity index (χ1) is 10.0. The van der Waals surface area contributed by atoms with E-state index in [9.17, 15) is 9.59 Å². The first-order valence-electron chi connectivity index (χ1n) is 7.94. The van der Waals surface area contributed by atoms with E-state index in [0.717, 1.165) is 11.8 Å². The third kappa shape index (κ3) is 3.00. The van der Waals surface area contributed by atoms with Crippen molar-refractivity contribution in [1.29, 1.82) is 0 Å². The summed E-state index contributed by atoms with van der Waals surface area (Å²) in [4.78, 5) is 24.8. The number of urea groups is 1. The fraction of sp³-hybridized carbons (Fsp3) is 0.867. The number of ether oxygens (including phenoxy) is 1. The molecule has 6 heteroatoms. The molecule has 1 saturated heterocycles. The number of carbonyl (C=O) groups excluding carboxylic acids is 1. The molecule has 6 nitrogen and oxygen atoms in total. The highest BCUT2D eigenvalue weighted by atomic mass is 16.5. The molecule has 3 rings (SSSR count). The van der Waals surface area contributed by atoms with Gasteiger partial charge >= 0.3 is 12.0 Å². The number of carboxylic acids is 1. The second-order valence-electron chi connectivity index (χ2n) is 6.72. The van der Waals surface area contributed by atoms with Gasteiger partial charge in [-0.2, -0.15) is 0 Å². The fourth-order valence-corrected chi connectivity index (χ4v) is 4.28. The predicted octanol–water partition coefficient (Wildman–Crippen LogP) is 1.31. The second-order valence-corrected chi connectivity index (χ2v) is 6.72. The number of fused-ring (bicyclic) bond motifs is 2. The standard InChI is InChI=1S/C15H24N2O4/c1-9(12-7-10-2-3-11(12)6-10)16-15(20)17-4-5-21-13(8-17)14(18)19/h9-13H,2-8H2,1H3,(H,16,20)(H,18,19). The van der Waals surface area contributed by atoms with Crippen LogP contribution < -0.4 is 5.32 Å². The molecule has 1 aliphatic heterocycles. The van der Waals surface area contributed by atoms with E-state index in [2.05, 4.69) is 12.2 Å². The maximum atomic E-state index is 12.3. The molecule has 1 heterocycles. The highest BCUT2D eigenvalue weighted by Gasteiger charge is 2.42. The van der Waals surface area contributed by atoms with E-state index in [1.54, 1.807) is 4.90 Å². The van der Waals surface area contributed by atoms with Crippen LogP contribution >= 0.6 is 0 Å². The number of nitrogens with zero attached hydrogens (tertiary/aromatic N) is 1. The smallest absolute Gasteiger partial charge is 0.334 e. The van der Waals surface area contributed by atoms with Gasteiger partial charge in [0.2, 0.25) is 0 Å². The lowest BCUT2D eigenvalue weighted by Crippen LogP contribution is -2.54. The van der Waals surface area contributed by atoms with Gasteiger partial charge in [-0.05, 0) is 43.9 Å². The molecular formula is C15H24N2O4. The average molecular weight is 296 g/mol. The van der Waals surface area contributed by atoms with E-state index in [1.165, 1.54) is 25.7 Å². The quantitative estimate of drug-likeness (QED) is 0.823. The molecule has 2 saturated carbocycles. The minimum atomic E-state index is -1.01. The number of hydrogen-bond acceptors (Lipinski definition) is 3. The molecule has 0 spiro atoms.